The maximum Gasteiger partial charge on any atom is 0.320 e. The average molecular weight is 364 g/mol. The fraction of sp³-hybridized carbons (Fsp3) is 0.375. The first kappa shape index (κ1) is 17.4. The van der Waals surface area contributed by atoms with E-state index in [1.165, 1.54) is 10.9 Å². The van der Waals surface area contributed by atoms with Gasteiger partial charge in [-0.3, -0.25) is 24.5 Å². The summed E-state index contributed by atoms with van der Waals surface area (Å²) in [5.74, 6) is -0.398. The Morgan fingerprint density at radius 1 is 1.28 bits per heavy atom. The van der Waals surface area contributed by atoms with Crippen molar-refractivity contribution in [2.24, 2.45) is 7.05 Å². The molecule has 0 saturated carbocycles. The monoisotopic (exact) mass is 363 g/mol. The molecule has 1 fully saturated rings. The topological polar surface area (TPSA) is 84.5 Å². The maximum atomic E-state index is 12.6. The maximum absolute atomic E-state index is 12.6. The number of nitrogens with zero attached hydrogens (tertiary/aromatic N) is 5. The summed E-state index contributed by atoms with van der Waals surface area (Å²) < 4.78 is 1.29. The van der Waals surface area contributed by atoms with Gasteiger partial charge in [-0.2, -0.15) is 5.10 Å². The third kappa shape index (κ3) is 3.80. The lowest BCUT2D eigenvalue weighted by molar-refractivity contribution is -0.385. The average Bonchev–Trinajstić information content (AvgIpc) is 2.99. The molecule has 0 bridgehead atoms. The highest BCUT2D eigenvalue weighted by molar-refractivity contribution is 6.31. The zero-order chi connectivity index (χ0) is 18.0. The molecule has 3 rings (SSSR count). The molecular weight excluding hydrogens is 346 g/mol. The first-order chi connectivity index (χ1) is 12.0. The molecule has 8 nitrogen and oxygen atoms in total. The second kappa shape index (κ2) is 7.20. The number of carbonyl (C=O) groups excluding carboxylic acids is 1. The van der Waals surface area contributed by atoms with Gasteiger partial charge in [-0.15, -0.1) is 0 Å². The van der Waals surface area contributed by atoms with Crippen LogP contribution in [0.3, 0.4) is 0 Å². The molecule has 0 aliphatic carbocycles. The summed E-state index contributed by atoms with van der Waals surface area (Å²) in [5, 5.41) is 15.8. The van der Waals surface area contributed by atoms with Crippen molar-refractivity contribution in [1.82, 2.24) is 19.6 Å². The molecule has 0 unspecified atom stereocenters. The number of aryl methyl sites for hydroxylation is 1. The van der Waals surface area contributed by atoms with E-state index in [0.29, 0.717) is 32.7 Å². The Hall–Kier alpha value is -2.45. The molecular formula is C16H18ClN5O3. The van der Waals surface area contributed by atoms with E-state index in [9.17, 15) is 14.9 Å². The third-order valence-electron chi connectivity index (χ3n) is 4.22. The smallest absolute Gasteiger partial charge is 0.320 e. The molecule has 25 heavy (non-hydrogen) atoms. The minimum Gasteiger partial charge on any atom is -0.334 e. The van der Waals surface area contributed by atoms with E-state index in [-0.39, 0.29) is 11.4 Å². The lowest BCUT2D eigenvalue weighted by Crippen LogP contribution is -2.48. The fourth-order valence-electron chi connectivity index (χ4n) is 2.89. The zero-order valence-electron chi connectivity index (χ0n) is 13.8. The molecule has 0 N–H and O–H groups in total. The summed E-state index contributed by atoms with van der Waals surface area (Å²) in [7, 11) is 1.56. The lowest BCUT2D eigenvalue weighted by Gasteiger charge is -2.34. The Balaban J connectivity index is 1.63. The van der Waals surface area contributed by atoms with Crippen molar-refractivity contribution in [2.75, 3.05) is 26.2 Å². The van der Waals surface area contributed by atoms with E-state index >= 15 is 0 Å². The molecule has 9 heteroatoms. The van der Waals surface area contributed by atoms with Crippen LogP contribution in [-0.4, -0.2) is 56.6 Å². The molecule has 1 aliphatic heterocycles. The van der Waals surface area contributed by atoms with Crippen LogP contribution in [0, 0.1) is 10.1 Å². The number of rotatable bonds is 4. The van der Waals surface area contributed by atoms with Gasteiger partial charge in [0, 0.05) is 44.8 Å². The number of hydrogen-bond donors (Lipinski definition) is 0. The Bertz CT molecular complexity index is 799. The van der Waals surface area contributed by atoms with Crippen molar-refractivity contribution in [1.29, 1.82) is 0 Å². The normalized spacial score (nSPS) is 15.4. The van der Waals surface area contributed by atoms with Crippen LogP contribution in [0.1, 0.15) is 16.1 Å². The van der Waals surface area contributed by atoms with E-state index in [2.05, 4.69) is 10.00 Å². The Labute approximate surface area is 149 Å². The highest BCUT2D eigenvalue weighted by atomic mass is 35.5. The number of hydrogen-bond acceptors (Lipinski definition) is 5. The number of carbonyl (C=O) groups is 1. The van der Waals surface area contributed by atoms with Gasteiger partial charge in [0.05, 0.1) is 4.92 Å². The molecule has 1 aliphatic rings. The van der Waals surface area contributed by atoms with E-state index in [0.717, 1.165) is 10.6 Å². The summed E-state index contributed by atoms with van der Waals surface area (Å²) in [5.41, 5.74) is 0.683. The molecule has 1 saturated heterocycles. The summed E-state index contributed by atoms with van der Waals surface area (Å²) in [6.45, 7) is 3.06. The lowest BCUT2D eigenvalue weighted by atomic mass is 10.2. The van der Waals surface area contributed by atoms with Crippen LogP contribution < -0.4 is 0 Å². The number of benzene rings is 1. The molecule has 0 spiro atoms. The summed E-state index contributed by atoms with van der Waals surface area (Å²) in [4.78, 5) is 26.9. The largest absolute Gasteiger partial charge is 0.334 e. The quantitative estimate of drug-likeness (QED) is 0.612. The SMILES string of the molecule is Cn1cc([N+](=O)[O-])c(C(=O)N2CCN(Cc3ccccc3Cl)CC2)n1. The van der Waals surface area contributed by atoms with Crippen molar-refractivity contribution in [3.63, 3.8) is 0 Å². The highest BCUT2D eigenvalue weighted by Crippen LogP contribution is 2.21. The van der Waals surface area contributed by atoms with Gasteiger partial charge >= 0.3 is 5.69 Å². The van der Waals surface area contributed by atoms with Crippen molar-refractivity contribution in [3.05, 3.63) is 56.9 Å². The number of nitro groups is 1. The van der Waals surface area contributed by atoms with Crippen molar-refractivity contribution < 1.29 is 9.72 Å². The molecule has 1 aromatic heterocycles. The van der Waals surface area contributed by atoms with Crippen LogP contribution in [0.5, 0.6) is 0 Å². The van der Waals surface area contributed by atoms with Gasteiger partial charge in [0.1, 0.15) is 6.20 Å². The summed E-state index contributed by atoms with van der Waals surface area (Å²) in [6.07, 6.45) is 1.25. The van der Waals surface area contributed by atoms with Crippen LogP contribution in [0.15, 0.2) is 30.5 Å². The number of piperazine rings is 1. The van der Waals surface area contributed by atoms with Crippen molar-refractivity contribution in [3.8, 4) is 0 Å². The first-order valence-corrected chi connectivity index (χ1v) is 8.26. The molecule has 132 valence electrons. The minimum atomic E-state index is -0.576. The van der Waals surface area contributed by atoms with E-state index in [1.807, 2.05) is 24.3 Å². The van der Waals surface area contributed by atoms with E-state index in [4.69, 9.17) is 11.6 Å². The second-order valence-electron chi connectivity index (χ2n) is 5.95. The Morgan fingerprint density at radius 3 is 2.60 bits per heavy atom. The predicted molar refractivity (Wildman–Crippen MR) is 92.5 cm³/mol. The predicted octanol–water partition coefficient (Wildman–Crippen LogP) is 1.94. The van der Waals surface area contributed by atoms with Gasteiger partial charge in [0.15, 0.2) is 0 Å². The van der Waals surface area contributed by atoms with Gasteiger partial charge in [-0.1, -0.05) is 29.8 Å². The van der Waals surface area contributed by atoms with Crippen LogP contribution in [0.4, 0.5) is 5.69 Å². The molecule has 2 heterocycles. The molecule has 1 amide bonds. The van der Waals surface area contributed by atoms with Gasteiger partial charge in [0.25, 0.3) is 5.91 Å². The number of halogens is 1. The van der Waals surface area contributed by atoms with E-state index < -0.39 is 10.8 Å². The number of aromatic nitrogens is 2. The van der Waals surface area contributed by atoms with Crippen LogP contribution in [0.25, 0.3) is 0 Å². The molecule has 0 radical (unpaired) electrons. The second-order valence-corrected chi connectivity index (χ2v) is 6.36. The zero-order valence-corrected chi connectivity index (χ0v) is 14.5. The van der Waals surface area contributed by atoms with Gasteiger partial charge in [0.2, 0.25) is 5.69 Å². The summed E-state index contributed by atoms with van der Waals surface area (Å²) >= 11 is 6.19. The van der Waals surface area contributed by atoms with Gasteiger partial charge in [-0.25, -0.2) is 0 Å². The Morgan fingerprint density at radius 2 is 1.96 bits per heavy atom. The standard InChI is InChI=1S/C16H18ClN5O3/c1-19-11-14(22(24)25)15(18-19)16(23)21-8-6-20(7-9-21)10-12-4-2-3-5-13(12)17/h2-5,11H,6-10H2,1H3. The van der Waals surface area contributed by atoms with E-state index in [1.54, 1.807) is 11.9 Å². The van der Waals surface area contributed by atoms with Gasteiger partial charge < -0.3 is 4.90 Å². The van der Waals surface area contributed by atoms with Crippen molar-refractivity contribution >= 4 is 23.2 Å². The van der Waals surface area contributed by atoms with Gasteiger partial charge in [-0.05, 0) is 11.6 Å². The highest BCUT2D eigenvalue weighted by Gasteiger charge is 2.30. The van der Waals surface area contributed by atoms with Crippen LogP contribution >= 0.6 is 11.6 Å². The molecule has 0 atom stereocenters. The molecule has 2 aromatic rings. The minimum absolute atomic E-state index is 0.105. The first-order valence-electron chi connectivity index (χ1n) is 7.89. The fourth-order valence-corrected chi connectivity index (χ4v) is 3.08. The van der Waals surface area contributed by atoms with Crippen molar-refractivity contribution in [2.45, 2.75) is 6.54 Å². The van der Waals surface area contributed by atoms with Crippen LogP contribution in [0.2, 0.25) is 5.02 Å². The van der Waals surface area contributed by atoms with Crippen LogP contribution in [-0.2, 0) is 13.6 Å². The summed E-state index contributed by atoms with van der Waals surface area (Å²) in [6, 6.07) is 7.68. The molecule has 1 aromatic carbocycles. The Kier molecular flexibility index (Phi) is 5.00. The third-order valence-corrected chi connectivity index (χ3v) is 4.59. The number of amides is 1.